The van der Waals surface area contributed by atoms with Gasteiger partial charge in [-0.15, -0.1) is 11.3 Å². The first-order chi connectivity index (χ1) is 19.5. The van der Waals surface area contributed by atoms with Crippen LogP contribution >= 0.6 is 22.9 Å². The molecule has 41 heavy (non-hydrogen) atoms. The average Bonchev–Trinajstić information content (AvgIpc) is 3.45. The molecule has 4 N–H and O–H groups in total. The van der Waals surface area contributed by atoms with Gasteiger partial charge in [0.15, 0.2) is 0 Å². The number of thiazole rings is 1. The van der Waals surface area contributed by atoms with E-state index < -0.39 is 29.3 Å². The van der Waals surface area contributed by atoms with Gasteiger partial charge in [-0.25, -0.2) is 19.9 Å². The molecule has 0 aromatic carbocycles. The second-order valence-electron chi connectivity index (χ2n) is 9.31. The number of amides is 3. The highest BCUT2D eigenvalue weighted by molar-refractivity contribution is 7.13. The van der Waals surface area contributed by atoms with Crippen LogP contribution in [0.2, 0.25) is 5.02 Å². The van der Waals surface area contributed by atoms with Crippen molar-refractivity contribution < 1.29 is 23.2 Å². The molecule has 4 heterocycles. The van der Waals surface area contributed by atoms with Crippen molar-refractivity contribution in [2.75, 3.05) is 23.3 Å². The first-order valence-corrected chi connectivity index (χ1v) is 13.8. The van der Waals surface area contributed by atoms with Gasteiger partial charge >= 0.3 is 0 Å². The number of nitrogens with one attached hydrogen (secondary N) is 2. The minimum atomic E-state index is -3.34. The van der Waals surface area contributed by atoms with E-state index in [-0.39, 0.29) is 33.2 Å². The molecule has 1 aliphatic heterocycles. The third-order valence-corrected chi connectivity index (χ3v) is 7.88. The van der Waals surface area contributed by atoms with Gasteiger partial charge < -0.3 is 21.3 Å². The highest BCUT2D eigenvalue weighted by atomic mass is 35.5. The maximum atomic E-state index is 14.4. The van der Waals surface area contributed by atoms with E-state index in [1.165, 1.54) is 25.5 Å². The zero-order valence-electron chi connectivity index (χ0n) is 22.1. The topological polar surface area (TPSA) is 156 Å². The monoisotopic (exact) mass is 604 g/mol. The maximum absolute atomic E-state index is 14.4. The Kier molecular flexibility index (Phi) is 9.23. The molecule has 0 spiro atoms. The van der Waals surface area contributed by atoms with E-state index in [1.54, 1.807) is 13.0 Å². The summed E-state index contributed by atoms with van der Waals surface area (Å²) < 4.78 is 28.7. The van der Waals surface area contributed by atoms with Crippen molar-refractivity contribution in [2.45, 2.75) is 38.7 Å². The highest BCUT2D eigenvalue weighted by Gasteiger charge is 2.31. The lowest BCUT2D eigenvalue weighted by atomic mass is 9.96. The summed E-state index contributed by atoms with van der Waals surface area (Å²) in [5, 5.41) is 5.48. The first-order valence-electron chi connectivity index (χ1n) is 12.6. The van der Waals surface area contributed by atoms with Crippen molar-refractivity contribution in [1.29, 1.82) is 0 Å². The van der Waals surface area contributed by atoms with Crippen molar-refractivity contribution in [3.8, 4) is 0 Å². The predicted molar refractivity (Wildman–Crippen MR) is 150 cm³/mol. The lowest BCUT2D eigenvalue weighted by molar-refractivity contribution is -0.122. The van der Waals surface area contributed by atoms with Crippen LogP contribution in [0.1, 0.15) is 63.5 Å². The number of aromatic nitrogens is 4. The maximum Gasteiger partial charge on any atom is 0.293 e. The fraction of sp³-hybridized carbons (Fsp3) is 0.346. The van der Waals surface area contributed by atoms with Crippen molar-refractivity contribution in [3.63, 3.8) is 0 Å². The van der Waals surface area contributed by atoms with Gasteiger partial charge in [0.05, 0.1) is 17.3 Å². The summed E-state index contributed by atoms with van der Waals surface area (Å²) >= 11 is 6.93. The normalized spacial score (nSPS) is 15.1. The van der Waals surface area contributed by atoms with Crippen LogP contribution in [0.4, 0.5) is 20.4 Å². The number of hydrogen-bond donors (Lipinski definition) is 3. The zero-order chi connectivity index (χ0) is 29.7. The smallest absolute Gasteiger partial charge is 0.293 e. The van der Waals surface area contributed by atoms with Crippen LogP contribution in [0.25, 0.3) is 0 Å². The molecule has 11 nitrogen and oxygen atoms in total. The molecule has 1 unspecified atom stereocenters. The number of anilines is 2. The molecular formula is C26H27ClF2N8O3S. The number of nitrogens with zero attached hydrogens (tertiary/aromatic N) is 5. The molecule has 3 amide bonds. The third-order valence-electron chi connectivity index (χ3n) is 6.40. The van der Waals surface area contributed by atoms with Gasteiger partial charge in [-0.2, -0.15) is 8.78 Å². The van der Waals surface area contributed by atoms with E-state index >= 15 is 0 Å². The summed E-state index contributed by atoms with van der Waals surface area (Å²) in [6, 6.07) is 2.01. The lowest BCUT2D eigenvalue weighted by Gasteiger charge is -2.31. The summed E-state index contributed by atoms with van der Waals surface area (Å²) in [7, 11) is 0. The van der Waals surface area contributed by atoms with E-state index in [9.17, 15) is 23.2 Å². The molecule has 1 atom stereocenters. The number of halogens is 3. The number of primary amides is 1. The Morgan fingerprint density at radius 2 is 1.88 bits per heavy atom. The van der Waals surface area contributed by atoms with Crippen LogP contribution in [-0.2, 0) is 10.7 Å². The standard InChI is InChI=1S/C26H27ClF2N8O3S/c1-3-6-26(28,29)16-9-20(31-11-17(16)27)36-24(40)19-12-32-25(41-19)14(2)35-23(39)18-10-21(34-13-33-18)37-7-4-15(5-8-37)22(30)38/h3,6,9-15H,4-5,7-8H2,1-2H3,(H2,30,38)(H,35,39)(H,31,36,40)/b6-3+. The summed E-state index contributed by atoms with van der Waals surface area (Å²) in [6.45, 7) is 4.32. The van der Waals surface area contributed by atoms with Crippen LogP contribution in [0.3, 0.4) is 0 Å². The van der Waals surface area contributed by atoms with Gasteiger partial charge in [0.2, 0.25) is 5.91 Å². The van der Waals surface area contributed by atoms with Gasteiger partial charge in [-0.05, 0) is 38.8 Å². The van der Waals surface area contributed by atoms with Crippen LogP contribution in [0.5, 0.6) is 0 Å². The zero-order valence-corrected chi connectivity index (χ0v) is 23.7. The summed E-state index contributed by atoms with van der Waals surface area (Å²) in [5.74, 6) is -4.44. The van der Waals surface area contributed by atoms with Gasteiger partial charge in [-0.1, -0.05) is 17.7 Å². The number of piperidine rings is 1. The van der Waals surface area contributed by atoms with Crippen LogP contribution < -0.4 is 21.3 Å². The molecule has 216 valence electrons. The second kappa shape index (κ2) is 12.6. The number of pyridine rings is 1. The molecule has 4 rings (SSSR count). The Balaban J connectivity index is 1.39. The summed E-state index contributed by atoms with van der Waals surface area (Å²) in [6.07, 6.45) is 6.77. The largest absolute Gasteiger partial charge is 0.369 e. The fourth-order valence-corrected chi connectivity index (χ4v) is 5.25. The molecule has 0 aliphatic carbocycles. The Morgan fingerprint density at radius 3 is 2.56 bits per heavy atom. The Hall–Kier alpha value is -4.04. The van der Waals surface area contributed by atoms with Gasteiger partial charge in [-0.3, -0.25) is 14.4 Å². The third kappa shape index (κ3) is 7.19. The summed E-state index contributed by atoms with van der Waals surface area (Å²) in [4.78, 5) is 55.7. The number of allylic oxidation sites excluding steroid dienone is 2. The first kappa shape index (κ1) is 29.9. The molecule has 0 radical (unpaired) electrons. The molecule has 3 aromatic heterocycles. The molecule has 0 saturated carbocycles. The van der Waals surface area contributed by atoms with E-state index in [2.05, 4.69) is 30.6 Å². The highest BCUT2D eigenvalue weighted by Crippen LogP contribution is 2.35. The fourth-order valence-electron chi connectivity index (χ4n) is 4.20. The van der Waals surface area contributed by atoms with Crippen LogP contribution in [0.15, 0.2) is 43.0 Å². The number of rotatable bonds is 9. The van der Waals surface area contributed by atoms with Crippen molar-refractivity contribution in [3.05, 3.63) is 69.2 Å². The summed E-state index contributed by atoms with van der Waals surface area (Å²) in [5.41, 5.74) is 5.05. The van der Waals surface area contributed by atoms with E-state index in [4.69, 9.17) is 17.3 Å². The minimum absolute atomic E-state index is 0.103. The van der Waals surface area contributed by atoms with Crippen molar-refractivity contribution in [1.82, 2.24) is 25.3 Å². The number of hydrogen-bond acceptors (Lipinski definition) is 9. The number of alkyl halides is 2. The lowest BCUT2D eigenvalue weighted by Crippen LogP contribution is -2.39. The SMILES string of the molecule is C/C=C/C(F)(F)c1cc(NC(=O)c2cnc(C(C)NC(=O)c3cc(N4CCC(C(N)=O)CC4)ncn3)s2)ncc1Cl. The second-order valence-corrected chi connectivity index (χ2v) is 10.8. The van der Waals surface area contributed by atoms with E-state index in [0.29, 0.717) is 42.8 Å². The molecular weight excluding hydrogens is 578 g/mol. The molecule has 1 fully saturated rings. The Morgan fingerprint density at radius 1 is 1.15 bits per heavy atom. The van der Waals surface area contributed by atoms with Crippen LogP contribution in [-0.4, -0.2) is 50.7 Å². The van der Waals surface area contributed by atoms with E-state index in [1.807, 2.05) is 4.90 Å². The average molecular weight is 605 g/mol. The number of nitrogens with two attached hydrogens (primary N) is 1. The van der Waals surface area contributed by atoms with Crippen molar-refractivity contribution >= 4 is 52.3 Å². The quantitative estimate of drug-likeness (QED) is 0.308. The molecule has 3 aromatic rings. The predicted octanol–water partition coefficient (Wildman–Crippen LogP) is 4.09. The minimum Gasteiger partial charge on any atom is -0.369 e. The molecule has 1 aliphatic rings. The number of carbonyl (C=O) groups is 3. The molecule has 1 saturated heterocycles. The van der Waals surface area contributed by atoms with E-state index in [0.717, 1.165) is 23.6 Å². The molecule has 0 bridgehead atoms. The van der Waals surface area contributed by atoms with Crippen molar-refractivity contribution in [2.24, 2.45) is 11.7 Å². The number of carbonyl (C=O) groups excluding carboxylic acids is 3. The van der Waals surface area contributed by atoms with Gasteiger partial charge in [0.25, 0.3) is 17.7 Å². The Bertz CT molecular complexity index is 1480. The van der Waals surface area contributed by atoms with Gasteiger partial charge in [0.1, 0.15) is 33.5 Å². The van der Waals surface area contributed by atoms with Crippen LogP contribution in [0, 0.1) is 5.92 Å². The molecule has 15 heteroatoms. The Labute approximate surface area is 243 Å². The van der Waals surface area contributed by atoms with Gasteiger partial charge in [0, 0.05) is 36.8 Å².